The van der Waals surface area contributed by atoms with Gasteiger partial charge in [-0.2, -0.15) is 0 Å². The van der Waals surface area contributed by atoms with Gasteiger partial charge in [-0.15, -0.1) is 0 Å². The van der Waals surface area contributed by atoms with Gasteiger partial charge in [0.05, 0.1) is 11.7 Å². The molecule has 4 unspecified atom stereocenters. The molecule has 3 nitrogen and oxygen atoms in total. The number of ether oxygens (including phenoxy) is 1. The summed E-state index contributed by atoms with van der Waals surface area (Å²) in [4.78, 5) is 12.7. The smallest absolute Gasteiger partial charge is 0.338 e. The van der Waals surface area contributed by atoms with Gasteiger partial charge in [0.1, 0.15) is 6.10 Å². The highest BCUT2D eigenvalue weighted by molar-refractivity contribution is 5.89. The third-order valence-electron chi connectivity index (χ3n) is 11.6. The number of aliphatic hydroxyl groups excluding tert-OH is 1. The second-order valence-corrected chi connectivity index (χ2v) is 14.1. The van der Waals surface area contributed by atoms with Gasteiger partial charge in [-0.1, -0.05) is 83.7 Å². The molecule has 37 heavy (non-hydrogen) atoms. The SMILES string of the molecule is CC(C)CCC[C@@H](C)[C@H]1CCC2C3C(CC[C@@]21C)[C@@]1(C)CCC(OC(=O)c2ccccc2)CC1=C[C@@H]3O. The lowest BCUT2D eigenvalue weighted by atomic mass is 9.46. The fourth-order valence-corrected chi connectivity index (χ4v) is 9.53. The Kier molecular flexibility index (Phi) is 7.66. The van der Waals surface area contributed by atoms with Crippen LogP contribution < -0.4 is 0 Å². The maximum absolute atomic E-state index is 12.7. The summed E-state index contributed by atoms with van der Waals surface area (Å²) in [6.07, 6.45) is 13.7. The zero-order valence-electron chi connectivity index (χ0n) is 23.9. The fourth-order valence-electron chi connectivity index (χ4n) is 9.53. The quantitative estimate of drug-likeness (QED) is 0.299. The van der Waals surface area contributed by atoms with E-state index in [1.807, 2.05) is 30.3 Å². The van der Waals surface area contributed by atoms with E-state index in [0.29, 0.717) is 28.7 Å². The van der Waals surface area contributed by atoms with Crippen molar-refractivity contribution in [3.63, 3.8) is 0 Å². The van der Waals surface area contributed by atoms with Gasteiger partial charge in [-0.25, -0.2) is 4.79 Å². The molecule has 1 N–H and O–H groups in total. The van der Waals surface area contributed by atoms with Crippen LogP contribution in [-0.2, 0) is 4.74 Å². The van der Waals surface area contributed by atoms with Gasteiger partial charge in [0, 0.05) is 6.42 Å². The van der Waals surface area contributed by atoms with Crippen LogP contribution in [0.25, 0.3) is 0 Å². The third-order valence-corrected chi connectivity index (χ3v) is 11.6. The van der Waals surface area contributed by atoms with Crippen molar-refractivity contribution in [2.45, 2.75) is 111 Å². The van der Waals surface area contributed by atoms with E-state index in [4.69, 9.17) is 4.74 Å². The molecule has 0 spiro atoms. The van der Waals surface area contributed by atoms with Gasteiger partial charge in [0.25, 0.3) is 0 Å². The van der Waals surface area contributed by atoms with E-state index in [2.05, 4.69) is 40.7 Å². The van der Waals surface area contributed by atoms with Crippen molar-refractivity contribution < 1.29 is 14.6 Å². The molecule has 4 aliphatic carbocycles. The van der Waals surface area contributed by atoms with E-state index in [0.717, 1.165) is 37.0 Å². The number of hydrogen-bond donors (Lipinski definition) is 1. The number of fused-ring (bicyclic) bond motifs is 5. The summed E-state index contributed by atoms with van der Waals surface area (Å²) in [6.45, 7) is 12.2. The molecule has 1 aromatic rings. The number of rotatable bonds is 7. The van der Waals surface area contributed by atoms with E-state index in [-0.39, 0.29) is 23.6 Å². The normalized spacial score (nSPS) is 39.8. The first kappa shape index (κ1) is 27.0. The van der Waals surface area contributed by atoms with Crippen molar-refractivity contribution in [2.24, 2.45) is 46.3 Å². The minimum atomic E-state index is -0.365. The molecule has 3 saturated carbocycles. The van der Waals surface area contributed by atoms with Crippen molar-refractivity contribution in [1.82, 2.24) is 0 Å². The van der Waals surface area contributed by atoms with Crippen LogP contribution in [0.1, 0.15) is 109 Å². The molecule has 0 heterocycles. The Hall–Kier alpha value is -1.61. The van der Waals surface area contributed by atoms with Crippen LogP contribution in [0.4, 0.5) is 0 Å². The molecule has 4 aliphatic rings. The summed E-state index contributed by atoms with van der Waals surface area (Å²) >= 11 is 0. The molecule has 0 saturated heterocycles. The summed E-state index contributed by atoms with van der Waals surface area (Å²) < 4.78 is 5.95. The second-order valence-electron chi connectivity index (χ2n) is 14.1. The number of carbonyl (C=O) groups excluding carboxylic acids is 1. The van der Waals surface area contributed by atoms with Crippen molar-refractivity contribution in [3.05, 3.63) is 47.5 Å². The maximum Gasteiger partial charge on any atom is 0.338 e. The summed E-state index contributed by atoms with van der Waals surface area (Å²) in [5, 5.41) is 11.6. The number of aliphatic hydroxyl groups is 1. The minimum Gasteiger partial charge on any atom is -0.458 e. The summed E-state index contributed by atoms with van der Waals surface area (Å²) in [5.41, 5.74) is 2.46. The van der Waals surface area contributed by atoms with E-state index >= 15 is 0 Å². The molecular weight excluding hydrogens is 456 g/mol. The highest BCUT2D eigenvalue weighted by Gasteiger charge is 2.61. The number of esters is 1. The maximum atomic E-state index is 12.7. The number of benzene rings is 1. The van der Waals surface area contributed by atoms with E-state index in [9.17, 15) is 9.90 Å². The van der Waals surface area contributed by atoms with Crippen LogP contribution in [0.2, 0.25) is 0 Å². The Labute approximate surface area is 225 Å². The van der Waals surface area contributed by atoms with Crippen LogP contribution in [-0.4, -0.2) is 23.3 Å². The van der Waals surface area contributed by atoms with Gasteiger partial charge in [-0.05, 0) is 97.0 Å². The van der Waals surface area contributed by atoms with E-state index in [1.165, 1.54) is 50.5 Å². The molecule has 0 bridgehead atoms. The standard InChI is InChI=1S/C34H50O3/c1-22(2)10-9-11-23(3)27-14-15-28-31-29(17-19-34(27,28)5)33(4)18-16-26(20-25(33)21-30(31)35)37-32(36)24-12-7-6-8-13-24/h6-8,12-13,21-23,26-31,35H,9-11,14-20H2,1-5H3/t23-,26?,27-,28?,29?,30+,31?,33+,34-/m1/s1. The molecule has 1 aromatic carbocycles. The van der Waals surface area contributed by atoms with Crippen molar-refractivity contribution >= 4 is 5.97 Å². The number of carbonyl (C=O) groups is 1. The zero-order chi connectivity index (χ0) is 26.4. The van der Waals surface area contributed by atoms with Crippen molar-refractivity contribution in [3.8, 4) is 0 Å². The molecule has 3 fully saturated rings. The summed E-state index contributed by atoms with van der Waals surface area (Å²) in [7, 11) is 0. The Morgan fingerprint density at radius 1 is 1.00 bits per heavy atom. The molecule has 3 heteroatoms. The van der Waals surface area contributed by atoms with Gasteiger partial charge in [-0.3, -0.25) is 0 Å². The summed E-state index contributed by atoms with van der Waals surface area (Å²) in [5.74, 6) is 3.70. The molecule has 0 aliphatic heterocycles. The van der Waals surface area contributed by atoms with Crippen LogP contribution in [0.3, 0.4) is 0 Å². The van der Waals surface area contributed by atoms with Crippen LogP contribution in [0, 0.1) is 46.3 Å². The Bertz CT molecular complexity index is 982. The Morgan fingerprint density at radius 2 is 1.76 bits per heavy atom. The van der Waals surface area contributed by atoms with Gasteiger partial charge in [0.2, 0.25) is 0 Å². The fraction of sp³-hybridized carbons (Fsp3) is 0.735. The first-order chi connectivity index (χ1) is 17.6. The predicted octanol–water partition coefficient (Wildman–Crippen LogP) is 8.22. The van der Waals surface area contributed by atoms with Gasteiger partial charge in [0.15, 0.2) is 0 Å². The molecule has 9 atom stereocenters. The molecule has 0 radical (unpaired) electrons. The average molecular weight is 507 g/mol. The topological polar surface area (TPSA) is 46.5 Å². The van der Waals surface area contributed by atoms with Crippen molar-refractivity contribution in [1.29, 1.82) is 0 Å². The monoisotopic (exact) mass is 506 g/mol. The first-order valence-corrected chi connectivity index (χ1v) is 15.3. The molecule has 0 aromatic heterocycles. The van der Waals surface area contributed by atoms with Crippen LogP contribution in [0.5, 0.6) is 0 Å². The van der Waals surface area contributed by atoms with Crippen LogP contribution >= 0.6 is 0 Å². The third kappa shape index (κ3) is 4.95. The first-order valence-electron chi connectivity index (χ1n) is 15.3. The van der Waals surface area contributed by atoms with Crippen molar-refractivity contribution in [2.75, 3.05) is 0 Å². The largest absolute Gasteiger partial charge is 0.458 e. The predicted molar refractivity (Wildman–Crippen MR) is 150 cm³/mol. The van der Waals surface area contributed by atoms with Crippen LogP contribution in [0.15, 0.2) is 42.0 Å². The molecule has 0 amide bonds. The molecule has 204 valence electrons. The second kappa shape index (κ2) is 10.5. The Balaban J connectivity index is 1.29. The lowest BCUT2D eigenvalue weighted by Gasteiger charge is -2.59. The Morgan fingerprint density at radius 3 is 2.49 bits per heavy atom. The average Bonchev–Trinajstić information content (AvgIpc) is 3.22. The van der Waals surface area contributed by atoms with Gasteiger partial charge < -0.3 is 9.84 Å². The zero-order valence-corrected chi connectivity index (χ0v) is 23.9. The minimum absolute atomic E-state index is 0.0906. The summed E-state index contributed by atoms with van der Waals surface area (Å²) in [6, 6.07) is 9.32. The van der Waals surface area contributed by atoms with E-state index < -0.39 is 0 Å². The molecular formula is C34H50O3. The highest BCUT2D eigenvalue weighted by atomic mass is 16.5. The molecule has 5 rings (SSSR count). The lowest BCUT2D eigenvalue weighted by Crippen LogP contribution is -2.55. The van der Waals surface area contributed by atoms with E-state index in [1.54, 1.807) is 0 Å². The van der Waals surface area contributed by atoms with Gasteiger partial charge >= 0.3 is 5.97 Å². The highest BCUT2D eigenvalue weighted by Crippen LogP contribution is 2.67. The lowest BCUT2D eigenvalue weighted by molar-refractivity contribution is -0.0978. The number of hydrogen-bond acceptors (Lipinski definition) is 3.